The molecule has 10 heteroatoms. The number of nitrogens with two attached hydrogens (primary N) is 1. The lowest BCUT2D eigenvalue weighted by atomic mass is 10.0. The Morgan fingerprint density at radius 3 is 2.43 bits per heavy atom. The van der Waals surface area contributed by atoms with E-state index in [2.05, 4.69) is 15.3 Å². The van der Waals surface area contributed by atoms with Crippen molar-refractivity contribution in [1.29, 1.82) is 0 Å². The molecular weight excluding hydrogens is 453 g/mol. The second kappa shape index (κ2) is 11.3. The van der Waals surface area contributed by atoms with Crippen LogP contribution in [-0.2, 0) is 24.4 Å². The molecule has 0 aliphatic rings. The van der Waals surface area contributed by atoms with Crippen LogP contribution in [-0.4, -0.2) is 44.3 Å². The van der Waals surface area contributed by atoms with E-state index in [4.69, 9.17) is 5.73 Å². The maximum atomic E-state index is 13.5. The van der Waals surface area contributed by atoms with E-state index < -0.39 is 17.8 Å². The number of halogens is 1. The van der Waals surface area contributed by atoms with Gasteiger partial charge in [0.2, 0.25) is 5.91 Å². The highest BCUT2D eigenvalue weighted by Gasteiger charge is 2.18. The highest BCUT2D eigenvalue weighted by Crippen LogP contribution is 2.16. The van der Waals surface area contributed by atoms with Crippen molar-refractivity contribution in [3.63, 3.8) is 0 Å². The number of hydrogen-bond donors (Lipinski definition) is 3. The SMILES string of the molecule is Cc1cc(CNC(=O)c2ncncc2CN(CC(N)=O)Cc2ccc(C(=O)O)c(C)c2)ccc1F. The molecule has 1 heterocycles. The lowest BCUT2D eigenvalue weighted by molar-refractivity contribution is -0.119. The summed E-state index contributed by atoms with van der Waals surface area (Å²) in [5.74, 6) is -2.33. The van der Waals surface area contributed by atoms with Gasteiger partial charge in [-0.25, -0.2) is 19.2 Å². The Bertz CT molecular complexity index is 1260. The zero-order chi connectivity index (χ0) is 25.5. The minimum atomic E-state index is -1.02. The molecule has 3 rings (SSSR count). The van der Waals surface area contributed by atoms with Gasteiger partial charge in [-0.2, -0.15) is 0 Å². The van der Waals surface area contributed by atoms with Crippen LogP contribution >= 0.6 is 0 Å². The maximum Gasteiger partial charge on any atom is 0.335 e. The Morgan fingerprint density at radius 2 is 1.77 bits per heavy atom. The number of benzene rings is 2. The highest BCUT2D eigenvalue weighted by molar-refractivity contribution is 5.93. The fourth-order valence-electron chi connectivity index (χ4n) is 3.71. The van der Waals surface area contributed by atoms with Crippen LogP contribution in [0.2, 0.25) is 0 Å². The molecule has 0 atom stereocenters. The van der Waals surface area contributed by atoms with Crippen LogP contribution in [0.25, 0.3) is 0 Å². The lowest BCUT2D eigenvalue weighted by Crippen LogP contribution is -2.34. The van der Waals surface area contributed by atoms with Crippen LogP contribution in [0, 0.1) is 19.7 Å². The summed E-state index contributed by atoms with van der Waals surface area (Å²) in [4.78, 5) is 45.7. The molecular formula is C25H26FN5O4. The van der Waals surface area contributed by atoms with Crippen LogP contribution < -0.4 is 11.1 Å². The summed E-state index contributed by atoms with van der Waals surface area (Å²) in [5.41, 5.74) is 8.85. The Morgan fingerprint density at radius 1 is 1.06 bits per heavy atom. The zero-order valence-electron chi connectivity index (χ0n) is 19.4. The first-order valence-electron chi connectivity index (χ1n) is 10.8. The number of aromatic nitrogens is 2. The van der Waals surface area contributed by atoms with Gasteiger partial charge in [0.1, 0.15) is 17.8 Å². The summed E-state index contributed by atoms with van der Waals surface area (Å²) < 4.78 is 13.5. The summed E-state index contributed by atoms with van der Waals surface area (Å²) in [6.07, 6.45) is 2.75. The number of aryl methyl sites for hydroxylation is 2. The Hall–Kier alpha value is -4.18. The predicted octanol–water partition coefficient (Wildman–Crippen LogP) is 2.35. The molecule has 0 fully saturated rings. The van der Waals surface area contributed by atoms with Gasteiger partial charge >= 0.3 is 5.97 Å². The number of amides is 2. The number of primary amides is 1. The van der Waals surface area contributed by atoms with Crippen LogP contribution in [0.1, 0.15) is 48.7 Å². The summed E-state index contributed by atoms with van der Waals surface area (Å²) in [7, 11) is 0. The maximum absolute atomic E-state index is 13.5. The topological polar surface area (TPSA) is 139 Å². The van der Waals surface area contributed by atoms with Crippen molar-refractivity contribution in [3.8, 4) is 0 Å². The molecule has 2 aromatic carbocycles. The van der Waals surface area contributed by atoms with Crippen molar-refractivity contribution < 1.29 is 23.9 Å². The molecule has 1 aromatic heterocycles. The van der Waals surface area contributed by atoms with Gasteiger partial charge in [0, 0.05) is 31.4 Å². The van der Waals surface area contributed by atoms with Crippen molar-refractivity contribution in [1.82, 2.24) is 20.2 Å². The molecule has 0 spiro atoms. The van der Waals surface area contributed by atoms with Gasteiger partial charge in [-0.15, -0.1) is 0 Å². The molecule has 0 radical (unpaired) electrons. The smallest absolute Gasteiger partial charge is 0.335 e. The number of nitrogens with one attached hydrogen (secondary N) is 1. The molecule has 35 heavy (non-hydrogen) atoms. The minimum Gasteiger partial charge on any atom is -0.478 e. The number of rotatable bonds is 10. The van der Waals surface area contributed by atoms with E-state index in [0.717, 1.165) is 11.1 Å². The van der Waals surface area contributed by atoms with Gasteiger partial charge in [0.25, 0.3) is 5.91 Å². The van der Waals surface area contributed by atoms with E-state index in [1.807, 2.05) is 0 Å². The van der Waals surface area contributed by atoms with Crippen LogP contribution in [0.4, 0.5) is 4.39 Å². The van der Waals surface area contributed by atoms with E-state index in [1.54, 1.807) is 43.0 Å². The molecule has 9 nitrogen and oxygen atoms in total. The number of carbonyl (C=O) groups excluding carboxylic acids is 2. The standard InChI is InChI=1S/C25H26FN5O4/c1-15-7-18(3-5-20(15)25(34)35)11-31(13-22(27)32)12-19-10-28-14-30-23(19)24(33)29-9-17-4-6-21(26)16(2)8-17/h3-8,10,14H,9,11-13H2,1-2H3,(H2,27,32)(H,29,33)(H,34,35). The third kappa shape index (κ3) is 6.90. The fourth-order valence-corrected chi connectivity index (χ4v) is 3.71. The van der Waals surface area contributed by atoms with Crippen molar-refractivity contribution >= 4 is 17.8 Å². The lowest BCUT2D eigenvalue weighted by Gasteiger charge is -2.22. The normalized spacial score (nSPS) is 10.9. The van der Waals surface area contributed by atoms with E-state index in [1.165, 1.54) is 24.7 Å². The average molecular weight is 480 g/mol. The van der Waals surface area contributed by atoms with Gasteiger partial charge in [-0.3, -0.25) is 14.5 Å². The monoisotopic (exact) mass is 479 g/mol. The third-order valence-electron chi connectivity index (χ3n) is 5.38. The molecule has 3 aromatic rings. The van der Waals surface area contributed by atoms with E-state index in [-0.39, 0.29) is 43.3 Å². The van der Waals surface area contributed by atoms with Crippen molar-refractivity contribution in [2.45, 2.75) is 33.5 Å². The summed E-state index contributed by atoms with van der Waals surface area (Å²) >= 11 is 0. The first-order valence-corrected chi connectivity index (χ1v) is 10.8. The minimum absolute atomic E-state index is 0.0927. The summed E-state index contributed by atoms with van der Waals surface area (Å²) in [6, 6.07) is 9.51. The molecule has 0 aliphatic carbocycles. The van der Waals surface area contributed by atoms with Gasteiger partial charge in [0.15, 0.2) is 0 Å². The number of carbonyl (C=O) groups is 3. The number of carboxylic acid groups (broad SMARTS) is 1. The average Bonchev–Trinajstić information content (AvgIpc) is 2.79. The van der Waals surface area contributed by atoms with Gasteiger partial charge in [-0.1, -0.05) is 24.3 Å². The predicted molar refractivity (Wildman–Crippen MR) is 126 cm³/mol. The molecule has 182 valence electrons. The van der Waals surface area contributed by atoms with E-state index >= 15 is 0 Å². The quantitative estimate of drug-likeness (QED) is 0.406. The highest BCUT2D eigenvalue weighted by atomic mass is 19.1. The van der Waals surface area contributed by atoms with E-state index in [9.17, 15) is 23.9 Å². The van der Waals surface area contributed by atoms with E-state index in [0.29, 0.717) is 16.7 Å². The zero-order valence-corrected chi connectivity index (χ0v) is 19.4. The Kier molecular flexibility index (Phi) is 8.21. The number of aromatic carboxylic acids is 1. The van der Waals surface area contributed by atoms with Crippen molar-refractivity contribution in [2.75, 3.05) is 6.54 Å². The molecule has 2 amide bonds. The Labute approximate surface area is 201 Å². The third-order valence-corrected chi connectivity index (χ3v) is 5.38. The second-order valence-electron chi connectivity index (χ2n) is 8.23. The summed E-state index contributed by atoms with van der Waals surface area (Å²) in [6.45, 7) is 3.87. The van der Waals surface area contributed by atoms with Crippen molar-refractivity contribution in [2.24, 2.45) is 5.73 Å². The first-order chi connectivity index (χ1) is 16.6. The number of hydrogen-bond acceptors (Lipinski definition) is 6. The molecule has 0 unspecified atom stereocenters. The molecule has 4 N–H and O–H groups in total. The largest absolute Gasteiger partial charge is 0.478 e. The molecule has 0 saturated heterocycles. The molecule has 0 saturated carbocycles. The number of carboxylic acids is 1. The first kappa shape index (κ1) is 25.4. The number of nitrogens with zero attached hydrogens (tertiary/aromatic N) is 3. The van der Waals surface area contributed by atoms with Gasteiger partial charge in [0.05, 0.1) is 12.1 Å². The molecule has 0 bridgehead atoms. The second-order valence-corrected chi connectivity index (χ2v) is 8.23. The Balaban J connectivity index is 1.76. The van der Waals surface area contributed by atoms with Crippen LogP contribution in [0.3, 0.4) is 0 Å². The summed E-state index contributed by atoms with van der Waals surface area (Å²) in [5, 5.41) is 12.0. The van der Waals surface area contributed by atoms with Crippen LogP contribution in [0.15, 0.2) is 48.9 Å². The van der Waals surface area contributed by atoms with Gasteiger partial charge < -0.3 is 16.2 Å². The fraction of sp³-hybridized carbons (Fsp3) is 0.240. The van der Waals surface area contributed by atoms with Crippen LogP contribution in [0.5, 0.6) is 0 Å². The van der Waals surface area contributed by atoms with Gasteiger partial charge in [-0.05, 0) is 48.2 Å². The molecule has 0 aliphatic heterocycles. The van der Waals surface area contributed by atoms with Crippen molar-refractivity contribution in [3.05, 3.63) is 93.8 Å².